The summed E-state index contributed by atoms with van der Waals surface area (Å²) in [6, 6.07) is 10.7. The van der Waals surface area contributed by atoms with Gasteiger partial charge in [-0.1, -0.05) is 82.5 Å². The fourth-order valence-corrected chi connectivity index (χ4v) is 2.15. The zero-order valence-corrected chi connectivity index (χ0v) is 11.1. The van der Waals surface area contributed by atoms with E-state index >= 15 is 0 Å². The fraction of sp³-hybridized carbons (Fsp3) is 0.333. The van der Waals surface area contributed by atoms with Crippen molar-refractivity contribution >= 4 is 0 Å². The summed E-state index contributed by atoms with van der Waals surface area (Å²) in [6.45, 7) is 10.4. The van der Waals surface area contributed by atoms with Crippen LogP contribution in [0.15, 0.2) is 66.8 Å². The molecule has 0 aromatic heterocycles. The molecule has 0 aliphatic rings. The van der Waals surface area contributed by atoms with Crippen LogP contribution in [-0.2, 0) is 5.41 Å². The van der Waals surface area contributed by atoms with Crippen LogP contribution in [0.25, 0.3) is 0 Å². The summed E-state index contributed by atoms with van der Waals surface area (Å²) < 4.78 is 0. The maximum atomic E-state index is 3.73. The van der Waals surface area contributed by atoms with E-state index in [-0.39, 0.29) is 12.8 Å². The highest BCUT2D eigenvalue weighted by Crippen LogP contribution is 2.35. The molecule has 0 saturated carbocycles. The van der Waals surface area contributed by atoms with Crippen molar-refractivity contribution in [2.24, 2.45) is 0 Å². The Morgan fingerprint density at radius 2 is 1.89 bits per heavy atom. The van der Waals surface area contributed by atoms with E-state index in [9.17, 15) is 0 Å². The van der Waals surface area contributed by atoms with Crippen LogP contribution in [0.2, 0.25) is 0 Å². The van der Waals surface area contributed by atoms with E-state index in [0.717, 1.165) is 6.42 Å². The second kappa shape index (κ2) is 7.71. The van der Waals surface area contributed by atoms with E-state index in [4.69, 9.17) is 0 Å². The minimum atomic E-state index is 0. The molecule has 98 valence electrons. The first-order valence-electron chi connectivity index (χ1n) is 6.20. The van der Waals surface area contributed by atoms with Gasteiger partial charge in [0, 0.05) is 5.41 Å². The van der Waals surface area contributed by atoms with Crippen LogP contribution >= 0.6 is 0 Å². The largest absolute Gasteiger partial charge is 0.0991 e. The van der Waals surface area contributed by atoms with Gasteiger partial charge < -0.3 is 0 Å². The number of rotatable bonds is 5. The molecule has 0 fully saturated rings. The van der Waals surface area contributed by atoms with E-state index in [1.807, 2.05) is 12.2 Å². The van der Waals surface area contributed by atoms with Crippen molar-refractivity contribution in [2.75, 3.05) is 0 Å². The van der Waals surface area contributed by atoms with E-state index in [1.165, 1.54) is 11.1 Å². The first-order chi connectivity index (χ1) is 8.19. The van der Waals surface area contributed by atoms with Crippen molar-refractivity contribution in [2.45, 2.75) is 40.0 Å². The molecule has 1 rings (SSSR count). The van der Waals surface area contributed by atoms with Crippen molar-refractivity contribution in [1.29, 1.82) is 0 Å². The third-order valence-electron chi connectivity index (χ3n) is 3.48. The summed E-state index contributed by atoms with van der Waals surface area (Å²) >= 11 is 0. The van der Waals surface area contributed by atoms with Crippen LogP contribution in [0.4, 0.5) is 0 Å². The first kappa shape index (κ1) is 16.4. The van der Waals surface area contributed by atoms with Gasteiger partial charge in [0.25, 0.3) is 0 Å². The van der Waals surface area contributed by atoms with Gasteiger partial charge in [0.15, 0.2) is 0 Å². The highest BCUT2D eigenvalue weighted by atomic mass is 14.3. The van der Waals surface area contributed by atoms with Gasteiger partial charge in [-0.25, -0.2) is 0 Å². The predicted molar refractivity (Wildman–Crippen MR) is 83.9 cm³/mol. The molecular weight excluding hydrogens is 216 g/mol. The lowest BCUT2D eigenvalue weighted by molar-refractivity contribution is 0.547. The van der Waals surface area contributed by atoms with Crippen molar-refractivity contribution in [3.63, 3.8) is 0 Å². The van der Waals surface area contributed by atoms with Crippen molar-refractivity contribution < 1.29 is 0 Å². The van der Waals surface area contributed by atoms with Gasteiger partial charge in [-0.15, -0.1) is 0 Å². The third-order valence-corrected chi connectivity index (χ3v) is 3.48. The number of hydrogen-bond donors (Lipinski definition) is 0. The molecule has 1 aromatic rings. The maximum Gasteiger partial charge on any atom is 0.0168 e. The highest BCUT2D eigenvalue weighted by molar-refractivity contribution is 5.41. The normalized spacial score (nSPS) is 14.9. The monoisotopic (exact) mass is 242 g/mol. The Labute approximate surface area is 113 Å². The molecule has 0 N–H and O–H groups in total. The van der Waals surface area contributed by atoms with Gasteiger partial charge >= 0.3 is 0 Å². The van der Waals surface area contributed by atoms with Crippen LogP contribution in [-0.4, -0.2) is 0 Å². The van der Waals surface area contributed by atoms with Gasteiger partial charge in [0.1, 0.15) is 0 Å². The first-order valence-corrected chi connectivity index (χ1v) is 6.20. The fourth-order valence-electron chi connectivity index (χ4n) is 2.15. The van der Waals surface area contributed by atoms with E-state index in [0.29, 0.717) is 0 Å². The lowest BCUT2D eigenvalue weighted by atomic mass is 9.73. The van der Waals surface area contributed by atoms with Crippen LogP contribution in [0.1, 0.15) is 40.2 Å². The molecular formula is C18H26. The Bertz CT molecular complexity index is 409. The highest BCUT2D eigenvalue weighted by Gasteiger charge is 2.26. The van der Waals surface area contributed by atoms with Crippen molar-refractivity contribution in [3.8, 4) is 0 Å². The molecule has 1 aromatic carbocycles. The van der Waals surface area contributed by atoms with Crippen LogP contribution in [0.5, 0.6) is 0 Å². The lowest BCUT2D eigenvalue weighted by Gasteiger charge is -2.30. The van der Waals surface area contributed by atoms with Crippen LogP contribution in [0.3, 0.4) is 0 Å². The summed E-state index contributed by atoms with van der Waals surface area (Å²) in [6.07, 6.45) is 9.26. The van der Waals surface area contributed by atoms with Gasteiger partial charge in [0.05, 0.1) is 0 Å². The summed E-state index contributed by atoms with van der Waals surface area (Å²) in [5, 5.41) is 0. The number of allylic oxidation sites excluding steroid dienone is 5. The third kappa shape index (κ3) is 3.46. The Morgan fingerprint density at radius 3 is 2.33 bits per heavy atom. The smallest absolute Gasteiger partial charge is 0.0168 e. The molecule has 0 spiro atoms. The lowest BCUT2D eigenvalue weighted by Crippen LogP contribution is -2.22. The second-order valence-corrected chi connectivity index (χ2v) is 4.39. The molecule has 0 heterocycles. The molecule has 0 aliphatic carbocycles. The Kier molecular flexibility index (Phi) is 7.04. The Morgan fingerprint density at radius 1 is 1.28 bits per heavy atom. The summed E-state index contributed by atoms with van der Waals surface area (Å²) in [7, 11) is 0. The van der Waals surface area contributed by atoms with E-state index < -0.39 is 0 Å². The molecule has 0 radical (unpaired) electrons. The zero-order valence-electron chi connectivity index (χ0n) is 11.1. The molecule has 1 atom stereocenters. The Hall–Kier alpha value is -1.56. The molecule has 0 nitrogen and oxygen atoms in total. The topological polar surface area (TPSA) is 0 Å². The summed E-state index contributed by atoms with van der Waals surface area (Å²) in [4.78, 5) is 0. The number of hydrogen-bond acceptors (Lipinski definition) is 0. The second-order valence-electron chi connectivity index (χ2n) is 4.39. The summed E-state index contributed by atoms with van der Waals surface area (Å²) in [5.41, 5.74) is 2.78. The minimum absolute atomic E-state index is 0. The van der Waals surface area contributed by atoms with Crippen LogP contribution < -0.4 is 0 Å². The molecule has 0 amide bonds. The van der Waals surface area contributed by atoms with Crippen molar-refractivity contribution in [3.05, 3.63) is 72.4 Å². The standard InChI is InChI=1S/C17H22.CH4/c1-5-8-12-15(6-2)17(4,7-3)16-13-10-9-11-14-16;/h5-6,8-14H,1,7H2,2-4H3;1H4/b12-8-,15-6+;. The van der Waals surface area contributed by atoms with E-state index in [2.05, 4.69) is 69.8 Å². The molecule has 1 unspecified atom stereocenters. The van der Waals surface area contributed by atoms with Crippen molar-refractivity contribution in [1.82, 2.24) is 0 Å². The quantitative estimate of drug-likeness (QED) is 0.583. The molecule has 0 bridgehead atoms. The average molecular weight is 242 g/mol. The predicted octanol–water partition coefficient (Wildman–Crippen LogP) is 5.68. The van der Waals surface area contributed by atoms with E-state index in [1.54, 1.807) is 0 Å². The van der Waals surface area contributed by atoms with Gasteiger partial charge in [-0.2, -0.15) is 0 Å². The molecule has 0 aliphatic heterocycles. The average Bonchev–Trinajstić information content (AvgIpc) is 2.40. The number of benzene rings is 1. The van der Waals surface area contributed by atoms with Gasteiger partial charge in [-0.3, -0.25) is 0 Å². The zero-order chi connectivity index (χ0) is 12.7. The van der Waals surface area contributed by atoms with Gasteiger partial charge in [0.2, 0.25) is 0 Å². The Balaban J connectivity index is 0.00000289. The minimum Gasteiger partial charge on any atom is -0.0991 e. The van der Waals surface area contributed by atoms with Crippen LogP contribution in [0, 0.1) is 0 Å². The van der Waals surface area contributed by atoms with Gasteiger partial charge in [-0.05, 0) is 24.5 Å². The summed E-state index contributed by atoms with van der Waals surface area (Å²) in [5.74, 6) is 0. The SMILES string of the molecule is C.C=C/C=C\C(=C/C)C(C)(CC)c1ccccc1. The maximum absolute atomic E-state index is 3.73. The molecule has 0 heteroatoms. The molecule has 18 heavy (non-hydrogen) atoms. The molecule has 0 saturated heterocycles.